The third-order valence-electron chi connectivity index (χ3n) is 5.09. The second kappa shape index (κ2) is 12.4. The molecule has 8 heteroatoms. The van der Waals surface area contributed by atoms with Crippen molar-refractivity contribution in [3.63, 3.8) is 0 Å². The van der Waals surface area contributed by atoms with E-state index in [0.29, 0.717) is 6.04 Å². The van der Waals surface area contributed by atoms with Crippen LogP contribution < -0.4 is 10.6 Å². The van der Waals surface area contributed by atoms with Gasteiger partial charge in [-0.3, -0.25) is 9.89 Å². The molecule has 2 aliphatic rings. The quantitative estimate of drug-likeness (QED) is 0.265. The summed E-state index contributed by atoms with van der Waals surface area (Å²) in [4.78, 5) is 13.7. The van der Waals surface area contributed by atoms with Gasteiger partial charge in [0.05, 0.1) is 13.2 Å². The smallest absolute Gasteiger partial charge is 0.193 e. The van der Waals surface area contributed by atoms with E-state index in [1.165, 1.54) is 6.42 Å². The first-order chi connectivity index (χ1) is 12.9. The van der Waals surface area contributed by atoms with E-state index in [-0.39, 0.29) is 24.0 Å². The number of anilines is 1. The fourth-order valence-electron chi connectivity index (χ4n) is 3.64. The van der Waals surface area contributed by atoms with Crippen LogP contribution in [0, 0.1) is 0 Å². The molecule has 152 valence electrons. The van der Waals surface area contributed by atoms with Crippen LogP contribution >= 0.6 is 24.0 Å². The summed E-state index contributed by atoms with van der Waals surface area (Å²) in [6.07, 6.45) is 5.25. The first-order valence-electron chi connectivity index (χ1n) is 9.79. The maximum absolute atomic E-state index is 5.47. The fourth-order valence-corrected chi connectivity index (χ4v) is 3.64. The largest absolute Gasteiger partial charge is 0.379 e. The third kappa shape index (κ3) is 7.08. The molecule has 0 aromatic carbocycles. The van der Waals surface area contributed by atoms with Gasteiger partial charge in [-0.25, -0.2) is 4.98 Å². The van der Waals surface area contributed by atoms with E-state index in [9.17, 15) is 0 Å². The Kier molecular flexibility index (Phi) is 10.1. The molecule has 0 radical (unpaired) electrons. The van der Waals surface area contributed by atoms with Crippen molar-refractivity contribution in [2.24, 2.45) is 4.99 Å². The number of likely N-dealkylation sites (tertiary alicyclic amines) is 1. The van der Waals surface area contributed by atoms with Crippen LogP contribution in [0.1, 0.15) is 19.3 Å². The van der Waals surface area contributed by atoms with E-state index in [1.807, 2.05) is 31.4 Å². The van der Waals surface area contributed by atoms with Gasteiger partial charge in [0.2, 0.25) is 0 Å². The number of halogens is 1. The van der Waals surface area contributed by atoms with Crippen LogP contribution in [0.4, 0.5) is 5.82 Å². The van der Waals surface area contributed by atoms with Crippen LogP contribution in [0.25, 0.3) is 0 Å². The summed E-state index contributed by atoms with van der Waals surface area (Å²) >= 11 is 0. The number of morpholine rings is 1. The fraction of sp³-hybridized carbons (Fsp3) is 0.684. The minimum atomic E-state index is 0. The zero-order valence-corrected chi connectivity index (χ0v) is 18.6. The highest BCUT2D eigenvalue weighted by molar-refractivity contribution is 14.0. The minimum Gasteiger partial charge on any atom is -0.379 e. The van der Waals surface area contributed by atoms with Gasteiger partial charge in [-0.1, -0.05) is 6.07 Å². The summed E-state index contributed by atoms with van der Waals surface area (Å²) < 4.78 is 5.47. The van der Waals surface area contributed by atoms with E-state index < -0.39 is 0 Å². The van der Waals surface area contributed by atoms with E-state index in [0.717, 1.165) is 77.1 Å². The highest BCUT2D eigenvalue weighted by Crippen LogP contribution is 2.17. The molecular weight excluding hydrogens is 455 g/mol. The third-order valence-corrected chi connectivity index (χ3v) is 5.09. The van der Waals surface area contributed by atoms with Gasteiger partial charge in [-0.15, -0.1) is 24.0 Å². The monoisotopic (exact) mass is 488 g/mol. The van der Waals surface area contributed by atoms with Crippen molar-refractivity contribution in [2.45, 2.75) is 25.3 Å². The molecule has 0 saturated carbocycles. The average molecular weight is 488 g/mol. The maximum Gasteiger partial charge on any atom is 0.193 e. The Balaban J connectivity index is 0.00000261. The Bertz CT molecular complexity index is 552. The number of aromatic nitrogens is 1. The molecule has 2 fully saturated rings. The van der Waals surface area contributed by atoms with Crippen LogP contribution in [0.2, 0.25) is 0 Å². The second-order valence-electron chi connectivity index (χ2n) is 6.86. The van der Waals surface area contributed by atoms with Crippen molar-refractivity contribution in [3.8, 4) is 0 Å². The van der Waals surface area contributed by atoms with Crippen molar-refractivity contribution < 1.29 is 4.74 Å². The highest BCUT2D eigenvalue weighted by Gasteiger charge is 2.30. The molecule has 1 atom stereocenters. The number of guanidine groups is 1. The highest BCUT2D eigenvalue weighted by atomic mass is 127. The molecule has 1 aromatic heterocycles. The van der Waals surface area contributed by atoms with E-state index >= 15 is 0 Å². The van der Waals surface area contributed by atoms with Crippen LogP contribution in [0.15, 0.2) is 29.4 Å². The number of hydrogen-bond donors (Lipinski definition) is 2. The average Bonchev–Trinajstić information content (AvgIpc) is 3.19. The van der Waals surface area contributed by atoms with E-state index in [1.54, 1.807) is 0 Å². The van der Waals surface area contributed by atoms with E-state index in [2.05, 4.69) is 30.4 Å². The standard InChI is InChI=1S/C19H32N6O.HI/c1-20-19(23-10-5-4-9-22-18-6-2-3-8-21-18)25-11-7-17(16-25)24-12-14-26-15-13-24;/h2-3,6,8,17H,4-5,7,9-16H2,1H3,(H,20,23)(H,21,22);1H. The summed E-state index contributed by atoms with van der Waals surface area (Å²) in [7, 11) is 1.88. The number of rotatable bonds is 7. The topological polar surface area (TPSA) is 65.0 Å². The van der Waals surface area contributed by atoms with Crippen molar-refractivity contribution in [1.82, 2.24) is 20.1 Å². The lowest BCUT2D eigenvalue weighted by atomic mass is 10.2. The molecule has 1 aromatic rings. The Morgan fingerprint density at radius 1 is 1.22 bits per heavy atom. The summed E-state index contributed by atoms with van der Waals surface area (Å²) in [5.74, 6) is 1.99. The predicted molar refractivity (Wildman–Crippen MR) is 121 cm³/mol. The normalized spacial score (nSPS) is 21.0. The molecule has 0 bridgehead atoms. The van der Waals surface area contributed by atoms with Crippen LogP contribution in [0.3, 0.4) is 0 Å². The number of unbranched alkanes of at least 4 members (excludes halogenated alkanes) is 1. The molecule has 2 N–H and O–H groups in total. The van der Waals surface area contributed by atoms with Crippen LogP contribution in [-0.2, 0) is 4.74 Å². The van der Waals surface area contributed by atoms with Gasteiger partial charge in [-0.05, 0) is 31.4 Å². The minimum absolute atomic E-state index is 0. The SMILES string of the molecule is CN=C(NCCCCNc1ccccn1)N1CCC(N2CCOCC2)C1.I. The number of nitrogens with zero attached hydrogens (tertiary/aromatic N) is 4. The molecule has 3 heterocycles. The number of hydrogen-bond acceptors (Lipinski definition) is 5. The summed E-state index contributed by atoms with van der Waals surface area (Å²) in [5.41, 5.74) is 0. The number of pyridine rings is 1. The molecule has 0 spiro atoms. The number of nitrogens with one attached hydrogen (secondary N) is 2. The van der Waals surface area contributed by atoms with Crippen LogP contribution in [0.5, 0.6) is 0 Å². The number of ether oxygens (including phenoxy) is 1. The molecule has 7 nitrogen and oxygen atoms in total. The van der Waals surface area contributed by atoms with Gasteiger partial charge in [0, 0.05) is 58.6 Å². The van der Waals surface area contributed by atoms with Crippen molar-refractivity contribution in [2.75, 3.05) is 64.8 Å². The Hall–Kier alpha value is -1.13. The van der Waals surface area contributed by atoms with Crippen LogP contribution in [-0.4, -0.2) is 86.3 Å². The van der Waals surface area contributed by atoms with Gasteiger partial charge < -0.3 is 20.3 Å². The maximum atomic E-state index is 5.47. The van der Waals surface area contributed by atoms with Crippen molar-refractivity contribution in [3.05, 3.63) is 24.4 Å². The Labute approximate surface area is 180 Å². The van der Waals surface area contributed by atoms with Gasteiger partial charge >= 0.3 is 0 Å². The first kappa shape index (κ1) is 22.2. The lowest BCUT2D eigenvalue weighted by Gasteiger charge is -2.32. The molecule has 3 rings (SSSR count). The first-order valence-corrected chi connectivity index (χ1v) is 9.79. The molecule has 2 saturated heterocycles. The Morgan fingerprint density at radius 3 is 2.78 bits per heavy atom. The lowest BCUT2D eigenvalue weighted by Crippen LogP contribution is -2.46. The van der Waals surface area contributed by atoms with Gasteiger partial charge in [0.15, 0.2) is 5.96 Å². The molecule has 0 amide bonds. The number of aliphatic imine (C=N–C) groups is 1. The molecule has 2 aliphatic heterocycles. The Morgan fingerprint density at radius 2 is 2.04 bits per heavy atom. The van der Waals surface area contributed by atoms with Gasteiger partial charge in [0.25, 0.3) is 0 Å². The van der Waals surface area contributed by atoms with Crippen molar-refractivity contribution >= 4 is 35.8 Å². The summed E-state index contributed by atoms with van der Waals surface area (Å²) in [6, 6.07) is 6.57. The zero-order chi connectivity index (χ0) is 18.0. The van der Waals surface area contributed by atoms with Gasteiger partial charge in [-0.2, -0.15) is 0 Å². The van der Waals surface area contributed by atoms with Gasteiger partial charge in [0.1, 0.15) is 5.82 Å². The summed E-state index contributed by atoms with van der Waals surface area (Å²) in [5, 5.41) is 6.87. The zero-order valence-electron chi connectivity index (χ0n) is 16.3. The molecule has 27 heavy (non-hydrogen) atoms. The van der Waals surface area contributed by atoms with Crippen molar-refractivity contribution in [1.29, 1.82) is 0 Å². The lowest BCUT2D eigenvalue weighted by molar-refractivity contribution is 0.0195. The van der Waals surface area contributed by atoms with E-state index in [4.69, 9.17) is 4.74 Å². The second-order valence-corrected chi connectivity index (χ2v) is 6.86. The summed E-state index contributed by atoms with van der Waals surface area (Å²) in [6.45, 7) is 7.92. The predicted octanol–water partition coefficient (Wildman–Crippen LogP) is 1.87. The molecular formula is C19H33IN6O. The molecule has 0 aliphatic carbocycles. The molecule has 1 unspecified atom stereocenters.